The number of nitrogens with one attached hydrogen (secondary N) is 1. The van der Waals surface area contributed by atoms with Crippen LogP contribution in [0.1, 0.15) is 29.1 Å². The van der Waals surface area contributed by atoms with E-state index < -0.39 is 10.8 Å². The largest absolute Gasteiger partial charge is 0.339 e. The van der Waals surface area contributed by atoms with Gasteiger partial charge in [0.1, 0.15) is 10.4 Å². The molecule has 2 amide bonds. The Morgan fingerprint density at radius 2 is 1.96 bits per heavy atom. The van der Waals surface area contributed by atoms with Crippen molar-refractivity contribution in [1.29, 1.82) is 0 Å². The molecule has 0 aliphatic carbocycles. The molecular weight excluding hydrogens is 372 g/mol. The summed E-state index contributed by atoms with van der Waals surface area (Å²) in [5, 5.41) is 4.87. The Kier molecular flexibility index (Phi) is 5.27. The Morgan fingerprint density at radius 3 is 2.60 bits per heavy atom. The maximum absolute atomic E-state index is 13.1. The van der Waals surface area contributed by atoms with Gasteiger partial charge in [-0.2, -0.15) is 0 Å². The first kappa shape index (κ1) is 18.1. The molecule has 0 bridgehead atoms. The minimum atomic E-state index is -0.642. The van der Waals surface area contributed by atoms with E-state index in [9.17, 15) is 9.59 Å². The lowest BCUT2D eigenvalue weighted by Crippen LogP contribution is -2.61. The molecule has 1 aromatic heterocycles. The first-order valence-electron chi connectivity index (χ1n) is 7.81. The molecule has 3 rings (SSSR count). The number of rotatable bonds is 4. The monoisotopic (exact) mass is 390 g/mol. The van der Waals surface area contributed by atoms with Gasteiger partial charge in [-0.1, -0.05) is 48.2 Å². The number of carbonyl (C=O) groups is 2. The molecular formula is C18H18N2O2S3. The summed E-state index contributed by atoms with van der Waals surface area (Å²) in [6.07, 6.45) is 0. The average molecular weight is 391 g/mol. The Morgan fingerprint density at radius 1 is 1.24 bits per heavy atom. The van der Waals surface area contributed by atoms with Gasteiger partial charge in [0.05, 0.1) is 6.54 Å². The van der Waals surface area contributed by atoms with Crippen LogP contribution >= 0.6 is 35.3 Å². The van der Waals surface area contributed by atoms with Crippen molar-refractivity contribution in [3.63, 3.8) is 0 Å². The van der Waals surface area contributed by atoms with E-state index in [1.54, 1.807) is 40.5 Å². The van der Waals surface area contributed by atoms with Crippen LogP contribution in [0.25, 0.3) is 0 Å². The van der Waals surface area contributed by atoms with Crippen LogP contribution in [0, 0.1) is 0 Å². The fourth-order valence-electron chi connectivity index (χ4n) is 2.62. The maximum Gasteiger partial charge on any atom is 0.252 e. The molecule has 1 unspecified atom stereocenters. The Bertz CT molecular complexity index is 788. The summed E-state index contributed by atoms with van der Waals surface area (Å²) in [6.45, 7) is 4.30. The van der Waals surface area contributed by atoms with E-state index in [-0.39, 0.29) is 11.8 Å². The highest BCUT2D eigenvalue weighted by atomic mass is 32.2. The number of hydrogen-bond acceptors (Lipinski definition) is 5. The summed E-state index contributed by atoms with van der Waals surface area (Å²) < 4.78 is 0.0403. The number of carbonyl (C=O) groups excluding carboxylic acids is 2. The molecule has 2 aromatic rings. The van der Waals surface area contributed by atoms with Crippen molar-refractivity contribution in [3.05, 3.63) is 58.3 Å². The second-order valence-corrected chi connectivity index (χ2v) is 9.57. The fourth-order valence-corrected chi connectivity index (χ4v) is 5.11. The van der Waals surface area contributed by atoms with E-state index in [4.69, 9.17) is 12.2 Å². The molecule has 1 aromatic carbocycles. The van der Waals surface area contributed by atoms with Gasteiger partial charge in [-0.05, 0) is 37.4 Å². The van der Waals surface area contributed by atoms with Crippen molar-refractivity contribution in [2.75, 3.05) is 0 Å². The van der Waals surface area contributed by atoms with Crippen molar-refractivity contribution < 1.29 is 9.59 Å². The van der Waals surface area contributed by atoms with Crippen LogP contribution in [0.4, 0.5) is 0 Å². The molecule has 1 atom stereocenters. The van der Waals surface area contributed by atoms with Gasteiger partial charge in [-0.3, -0.25) is 14.5 Å². The highest BCUT2D eigenvalue weighted by Crippen LogP contribution is 2.37. The summed E-state index contributed by atoms with van der Waals surface area (Å²) in [5.41, 5.74) is 0.536. The zero-order valence-corrected chi connectivity index (χ0v) is 16.3. The van der Waals surface area contributed by atoms with Crippen LogP contribution in [0.15, 0.2) is 47.8 Å². The second kappa shape index (κ2) is 7.27. The summed E-state index contributed by atoms with van der Waals surface area (Å²) in [6, 6.07) is 12.2. The molecule has 1 aliphatic rings. The minimum Gasteiger partial charge on any atom is -0.339 e. The summed E-state index contributed by atoms with van der Waals surface area (Å²) in [4.78, 5) is 28.2. The van der Waals surface area contributed by atoms with Gasteiger partial charge < -0.3 is 5.32 Å². The molecule has 1 fully saturated rings. The third-order valence-electron chi connectivity index (χ3n) is 3.98. The third kappa shape index (κ3) is 3.94. The molecule has 25 heavy (non-hydrogen) atoms. The van der Waals surface area contributed by atoms with E-state index >= 15 is 0 Å². The Hall–Kier alpha value is -1.70. The molecule has 0 radical (unpaired) electrons. The third-order valence-corrected chi connectivity index (χ3v) is 6.47. The van der Waals surface area contributed by atoms with Crippen molar-refractivity contribution >= 4 is 51.5 Å². The van der Waals surface area contributed by atoms with Crippen LogP contribution in [0.3, 0.4) is 0 Å². The van der Waals surface area contributed by atoms with E-state index in [1.165, 1.54) is 11.8 Å². The predicted octanol–water partition coefficient (Wildman–Crippen LogP) is 3.69. The van der Waals surface area contributed by atoms with E-state index in [2.05, 4.69) is 5.32 Å². The minimum absolute atomic E-state index is 0.161. The lowest BCUT2D eigenvalue weighted by Gasteiger charge is -2.42. The topological polar surface area (TPSA) is 49.4 Å². The molecule has 7 heteroatoms. The van der Waals surface area contributed by atoms with Crippen LogP contribution in [-0.4, -0.2) is 31.8 Å². The summed E-state index contributed by atoms with van der Waals surface area (Å²) in [7, 11) is 0. The number of thioether (sulfide) groups is 1. The lowest BCUT2D eigenvalue weighted by molar-refractivity contribution is -0.130. The lowest BCUT2D eigenvalue weighted by atomic mass is 10.0. The summed E-state index contributed by atoms with van der Waals surface area (Å²) in [5.74, 6) is -0.414. The van der Waals surface area contributed by atoms with Gasteiger partial charge >= 0.3 is 0 Å². The van der Waals surface area contributed by atoms with Crippen molar-refractivity contribution in [2.24, 2.45) is 0 Å². The van der Waals surface area contributed by atoms with Gasteiger partial charge in [-0.15, -0.1) is 11.3 Å². The zero-order valence-electron chi connectivity index (χ0n) is 13.9. The SMILES string of the molecule is CC1(C)SC(=S)N(Cc2cccs2)C(=O)C1NC(=O)c1ccccc1. The number of nitrogens with zero attached hydrogens (tertiary/aromatic N) is 1. The van der Waals surface area contributed by atoms with Gasteiger partial charge in [0.25, 0.3) is 11.8 Å². The molecule has 4 nitrogen and oxygen atoms in total. The van der Waals surface area contributed by atoms with Crippen LogP contribution < -0.4 is 5.32 Å². The normalized spacial score (nSPS) is 19.8. The molecule has 130 valence electrons. The van der Waals surface area contributed by atoms with Gasteiger partial charge in [-0.25, -0.2) is 0 Å². The average Bonchev–Trinajstić information content (AvgIpc) is 3.09. The highest BCUT2D eigenvalue weighted by Gasteiger charge is 2.46. The van der Waals surface area contributed by atoms with Crippen molar-refractivity contribution in [2.45, 2.75) is 31.2 Å². The van der Waals surface area contributed by atoms with Gasteiger partial charge in [0, 0.05) is 15.2 Å². The second-order valence-electron chi connectivity index (χ2n) is 6.25. The number of amides is 2. The number of benzene rings is 1. The predicted molar refractivity (Wildman–Crippen MR) is 107 cm³/mol. The van der Waals surface area contributed by atoms with E-state index in [0.29, 0.717) is 16.4 Å². The Labute approximate surface area is 160 Å². The van der Waals surface area contributed by atoms with Crippen LogP contribution in [0.5, 0.6) is 0 Å². The number of hydrogen-bond donors (Lipinski definition) is 1. The molecule has 1 saturated heterocycles. The molecule has 0 spiro atoms. The number of thiocarbonyl (C=S) groups is 1. The van der Waals surface area contributed by atoms with Gasteiger partial charge in [0.2, 0.25) is 0 Å². The number of thiophene rings is 1. The summed E-state index contributed by atoms with van der Waals surface area (Å²) >= 11 is 8.48. The van der Waals surface area contributed by atoms with E-state index in [0.717, 1.165) is 4.88 Å². The van der Waals surface area contributed by atoms with E-state index in [1.807, 2.05) is 37.4 Å². The molecule has 1 N–H and O–H groups in total. The maximum atomic E-state index is 13.1. The quantitative estimate of drug-likeness (QED) is 0.809. The highest BCUT2D eigenvalue weighted by molar-refractivity contribution is 8.24. The molecule has 1 aliphatic heterocycles. The first-order valence-corrected chi connectivity index (χ1v) is 9.91. The van der Waals surface area contributed by atoms with Crippen molar-refractivity contribution in [1.82, 2.24) is 10.2 Å². The standard InChI is InChI=1S/C18H18N2O2S3/c1-18(2)14(19-15(21)12-7-4-3-5-8-12)16(22)20(17(23)25-18)11-13-9-6-10-24-13/h3-10,14H,11H2,1-2H3,(H,19,21). The first-order chi connectivity index (χ1) is 11.9. The molecule has 0 saturated carbocycles. The fraction of sp³-hybridized carbons (Fsp3) is 0.278. The zero-order chi connectivity index (χ0) is 18.0. The molecule has 2 heterocycles. The van der Waals surface area contributed by atoms with Crippen LogP contribution in [0.2, 0.25) is 0 Å². The smallest absolute Gasteiger partial charge is 0.252 e. The van der Waals surface area contributed by atoms with Gasteiger partial charge in [0.15, 0.2) is 0 Å². The van der Waals surface area contributed by atoms with Crippen LogP contribution in [-0.2, 0) is 11.3 Å². The van der Waals surface area contributed by atoms with Crippen molar-refractivity contribution in [3.8, 4) is 0 Å². The Balaban J connectivity index is 1.81.